The minimum atomic E-state index is -0.148. The average molecular weight is 252 g/mol. The Morgan fingerprint density at radius 3 is 2.22 bits per heavy atom. The Bertz CT molecular complexity index is 344. The summed E-state index contributed by atoms with van der Waals surface area (Å²) < 4.78 is 14.0. The molecular formula is C15H25FN2. The van der Waals surface area contributed by atoms with Gasteiger partial charge in [0.25, 0.3) is 0 Å². The van der Waals surface area contributed by atoms with Crippen molar-refractivity contribution in [2.75, 3.05) is 18.0 Å². The van der Waals surface area contributed by atoms with Crippen molar-refractivity contribution in [2.24, 2.45) is 5.73 Å². The molecule has 2 nitrogen and oxygen atoms in total. The van der Waals surface area contributed by atoms with E-state index in [1.165, 1.54) is 6.07 Å². The second-order valence-electron chi connectivity index (χ2n) is 4.65. The number of hydrogen-bond acceptors (Lipinski definition) is 2. The number of benzene rings is 1. The largest absolute Gasteiger partial charge is 0.369 e. The molecule has 1 rings (SSSR count). The number of unbranched alkanes of at least 4 members (excludes halogenated alkanes) is 2. The van der Waals surface area contributed by atoms with Gasteiger partial charge in [-0.25, -0.2) is 4.39 Å². The molecule has 18 heavy (non-hydrogen) atoms. The molecule has 3 heteroatoms. The maximum absolute atomic E-state index is 14.0. The summed E-state index contributed by atoms with van der Waals surface area (Å²) in [6.07, 6.45) is 4.41. The number of nitrogens with two attached hydrogens (primary N) is 1. The normalized spacial score (nSPS) is 10.7. The lowest BCUT2D eigenvalue weighted by atomic mass is 10.1. The predicted molar refractivity (Wildman–Crippen MR) is 76.3 cm³/mol. The van der Waals surface area contributed by atoms with Gasteiger partial charge >= 0.3 is 0 Å². The molecule has 0 heterocycles. The Morgan fingerprint density at radius 1 is 1.11 bits per heavy atom. The van der Waals surface area contributed by atoms with Crippen LogP contribution in [0.5, 0.6) is 0 Å². The van der Waals surface area contributed by atoms with E-state index < -0.39 is 0 Å². The quantitative estimate of drug-likeness (QED) is 0.764. The molecule has 0 aliphatic rings. The van der Waals surface area contributed by atoms with Crippen molar-refractivity contribution in [3.63, 3.8) is 0 Å². The van der Waals surface area contributed by atoms with Gasteiger partial charge in [-0.2, -0.15) is 0 Å². The molecule has 0 aromatic heterocycles. The molecule has 1 aromatic carbocycles. The lowest BCUT2D eigenvalue weighted by Crippen LogP contribution is -2.28. The third-order valence-electron chi connectivity index (χ3n) is 3.17. The average Bonchev–Trinajstić information content (AvgIpc) is 2.39. The van der Waals surface area contributed by atoms with Crippen LogP contribution in [0, 0.1) is 5.82 Å². The van der Waals surface area contributed by atoms with E-state index in [4.69, 9.17) is 5.73 Å². The fourth-order valence-corrected chi connectivity index (χ4v) is 2.11. The number of hydrogen-bond donors (Lipinski definition) is 1. The van der Waals surface area contributed by atoms with E-state index in [0.29, 0.717) is 12.2 Å². The van der Waals surface area contributed by atoms with Crippen LogP contribution in [0.1, 0.15) is 45.1 Å². The highest BCUT2D eigenvalue weighted by Crippen LogP contribution is 2.25. The van der Waals surface area contributed by atoms with E-state index in [9.17, 15) is 4.39 Å². The first-order chi connectivity index (χ1) is 8.74. The zero-order valence-electron chi connectivity index (χ0n) is 11.6. The molecule has 0 aliphatic heterocycles. The van der Waals surface area contributed by atoms with Crippen LogP contribution in [0.2, 0.25) is 0 Å². The van der Waals surface area contributed by atoms with E-state index in [1.807, 2.05) is 6.07 Å². The fourth-order valence-electron chi connectivity index (χ4n) is 2.11. The van der Waals surface area contributed by atoms with Crippen LogP contribution in [0.15, 0.2) is 18.2 Å². The molecule has 0 aliphatic carbocycles. The summed E-state index contributed by atoms with van der Waals surface area (Å²) in [6, 6.07) is 5.18. The molecule has 0 atom stereocenters. The molecule has 0 fully saturated rings. The Balaban J connectivity index is 2.94. The third kappa shape index (κ3) is 3.98. The van der Waals surface area contributed by atoms with Gasteiger partial charge in [0.15, 0.2) is 0 Å². The summed E-state index contributed by atoms with van der Waals surface area (Å²) in [5.74, 6) is -0.148. The molecule has 2 N–H and O–H groups in total. The predicted octanol–water partition coefficient (Wildman–Crippen LogP) is 3.69. The SMILES string of the molecule is CCCCN(CCCC)c1c(F)cccc1CN. The number of rotatable bonds is 8. The third-order valence-corrected chi connectivity index (χ3v) is 3.17. The van der Waals surface area contributed by atoms with Crippen LogP contribution < -0.4 is 10.6 Å². The second-order valence-corrected chi connectivity index (χ2v) is 4.65. The van der Waals surface area contributed by atoms with Gasteiger partial charge in [0.05, 0.1) is 5.69 Å². The number of anilines is 1. The van der Waals surface area contributed by atoms with Gasteiger partial charge in [0, 0.05) is 19.6 Å². The molecule has 0 radical (unpaired) electrons. The molecule has 0 spiro atoms. The van der Waals surface area contributed by atoms with Gasteiger partial charge in [0.2, 0.25) is 0 Å². The Kier molecular flexibility index (Phi) is 6.73. The standard InChI is InChI=1S/C15H25FN2/c1-3-5-10-18(11-6-4-2)15-13(12-17)8-7-9-14(15)16/h7-9H,3-6,10-12,17H2,1-2H3. The lowest BCUT2D eigenvalue weighted by Gasteiger charge is -2.27. The molecule has 1 aromatic rings. The maximum atomic E-state index is 14.0. The summed E-state index contributed by atoms with van der Waals surface area (Å²) >= 11 is 0. The molecular weight excluding hydrogens is 227 g/mol. The van der Waals surface area contributed by atoms with Crippen molar-refractivity contribution in [1.29, 1.82) is 0 Å². The van der Waals surface area contributed by atoms with E-state index in [-0.39, 0.29) is 5.82 Å². The van der Waals surface area contributed by atoms with Crippen LogP contribution in [-0.2, 0) is 6.54 Å². The smallest absolute Gasteiger partial charge is 0.146 e. The van der Waals surface area contributed by atoms with Crippen molar-refractivity contribution in [3.05, 3.63) is 29.6 Å². The van der Waals surface area contributed by atoms with Gasteiger partial charge in [0.1, 0.15) is 5.82 Å². The first kappa shape index (κ1) is 15.0. The zero-order valence-corrected chi connectivity index (χ0v) is 11.6. The van der Waals surface area contributed by atoms with Crippen LogP contribution in [0.4, 0.5) is 10.1 Å². The second kappa shape index (κ2) is 8.09. The summed E-state index contributed by atoms with van der Waals surface area (Å²) in [6.45, 7) is 6.52. The minimum Gasteiger partial charge on any atom is -0.369 e. The van der Waals surface area contributed by atoms with Crippen LogP contribution in [0.3, 0.4) is 0 Å². The highest BCUT2D eigenvalue weighted by molar-refractivity contribution is 5.54. The highest BCUT2D eigenvalue weighted by Gasteiger charge is 2.14. The topological polar surface area (TPSA) is 29.3 Å². The molecule has 102 valence electrons. The van der Waals surface area contributed by atoms with E-state index >= 15 is 0 Å². The Hall–Kier alpha value is -1.09. The van der Waals surface area contributed by atoms with Crippen molar-refractivity contribution < 1.29 is 4.39 Å². The van der Waals surface area contributed by atoms with Crippen LogP contribution in [0.25, 0.3) is 0 Å². The number of nitrogens with zero attached hydrogens (tertiary/aromatic N) is 1. The number of para-hydroxylation sites is 1. The maximum Gasteiger partial charge on any atom is 0.146 e. The van der Waals surface area contributed by atoms with Gasteiger partial charge < -0.3 is 10.6 Å². The number of halogens is 1. The molecule has 0 saturated heterocycles. The van der Waals surface area contributed by atoms with Crippen LogP contribution in [-0.4, -0.2) is 13.1 Å². The van der Waals surface area contributed by atoms with Crippen molar-refractivity contribution in [1.82, 2.24) is 0 Å². The fraction of sp³-hybridized carbons (Fsp3) is 0.600. The van der Waals surface area contributed by atoms with Crippen molar-refractivity contribution >= 4 is 5.69 Å². The minimum absolute atomic E-state index is 0.148. The molecule has 0 saturated carbocycles. The van der Waals surface area contributed by atoms with E-state index in [2.05, 4.69) is 18.7 Å². The molecule has 0 bridgehead atoms. The highest BCUT2D eigenvalue weighted by atomic mass is 19.1. The van der Waals surface area contributed by atoms with Gasteiger partial charge in [-0.3, -0.25) is 0 Å². The van der Waals surface area contributed by atoms with Gasteiger partial charge in [-0.1, -0.05) is 38.8 Å². The zero-order chi connectivity index (χ0) is 13.4. The summed E-state index contributed by atoms with van der Waals surface area (Å²) in [5, 5.41) is 0. The molecule has 0 amide bonds. The lowest BCUT2D eigenvalue weighted by molar-refractivity contribution is 0.601. The summed E-state index contributed by atoms with van der Waals surface area (Å²) in [4.78, 5) is 2.16. The monoisotopic (exact) mass is 252 g/mol. The van der Waals surface area contributed by atoms with Crippen molar-refractivity contribution in [3.8, 4) is 0 Å². The first-order valence-corrected chi connectivity index (χ1v) is 6.97. The Morgan fingerprint density at radius 2 is 1.72 bits per heavy atom. The van der Waals surface area contributed by atoms with E-state index in [0.717, 1.165) is 44.3 Å². The Labute approximate surface area is 110 Å². The van der Waals surface area contributed by atoms with E-state index in [1.54, 1.807) is 6.07 Å². The van der Waals surface area contributed by atoms with Gasteiger partial charge in [-0.15, -0.1) is 0 Å². The molecule has 0 unspecified atom stereocenters. The van der Waals surface area contributed by atoms with Gasteiger partial charge in [-0.05, 0) is 24.5 Å². The van der Waals surface area contributed by atoms with Crippen LogP contribution >= 0.6 is 0 Å². The first-order valence-electron chi connectivity index (χ1n) is 6.97. The van der Waals surface area contributed by atoms with Crippen molar-refractivity contribution in [2.45, 2.75) is 46.1 Å². The summed E-state index contributed by atoms with van der Waals surface area (Å²) in [5.41, 5.74) is 7.34. The summed E-state index contributed by atoms with van der Waals surface area (Å²) in [7, 11) is 0.